The first kappa shape index (κ1) is 9.29. The van der Waals surface area contributed by atoms with Gasteiger partial charge >= 0.3 is 0 Å². The highest BCUT2D eigenvalue weighted by Gasteiger charge is 2.06. The topological polar surface area (TPSA) is 110 Å². The Bertz CT molecular complexity index is 522. The monoisotopic (exact) mass is 220 g/mol. The number of aromatic amines is 1. The van der Waals surface area contributed by atoms with Crippen molar-refractivity contribution in [1.29, 1.82) is 5.26 Å². The maximum atomic E-state index is 9.11. The molecule has 0 aliphatic carbocycles. The molecule has 2 heterocycles. The number of azo groups is 1. The van der Waals surface area contributed by atoms with Crippen molar-refractivity contribution in [3.8, 4) is 11.9 Å². The van der Waals surface area contributed by atoms with Crippen LogP contribution in [0.2, 0.25) is 0 Å². The largest absolute Gasteiger partial charge is 0.491 e. The lowest BCUT2D eigenvalue weighted by Crippen LogP contribution is -1.70. The number of hydrogen-bond acceptors (Lipinski definition) is 7. The lowest BCUT2D eigenvalue weighted by atomic mass is 10.5. The summed E-state index contributed by atoms with van der Waals surface area (Å²) in [6.45, 7) is 0. The van der Waals surface area contributed by atoms with Gasteiger partial charge in [0.2, 0.25) is 11.0 Å². The number of H-pyrrole nitrogens is 1. The van der Waals surface area contributed by atoms with Gasteiger partial charge < -0.3 is 10.1 Å². The molecule has 0 saturated heterocycles. The molecule has 2 aromatic heterocycles. The van der Waals surface area contributed by atoms with Crippen molar-refractivity contribution >= 4 is 22.4 Å². The highest BCUT2D eigenvalue weighted by atomic mass is 32.1. The van der Waals surface area contributed by atoms with Gasteiger partial charge in [0.25, 0.3) is 5.95 Å². The predicted molar refractivity (Wildman–Crippen MR) is 51.3 cm³/mol. The number of aromatic hydroxyl groups is 1. The number of imidazole rings is 1. The molecule has 8 heteroatoms. The Morgan fingerprint density at radius 3 is 3.00 bits per heavy atom. The Kier molecular flexibility index (Phi) is 2.38. The normalized spacial score (nSPS) is 10.6. The first-order valence-electron chi connectivity index (χ1n) is 3.80. The summed E-state index contributed by atoms with van der Waals surface area (Å²) in [6.07, 6.45) is 1.60. The molecule has 74 valence electrons. The van der Waals surface area contributed by atoms with E-state index in [1.54, 1.807) is 17.6 Å². The fourth-order valence-corrected chi connectivity index (χ4v) is 1.29. The van der Waals surface area contributed by atoms with E-state index >= 15 is 0 Å². The number of thiazole rings is 1. The van der Waals surface area contributed by atoms with Gasteiger partial charge in [-0.1, -0.05) is 0 Å². The van der Waals surface area contributed by atoms with Gasteiger partial charge in [0.15, 0.2) is 5.69 Å². The molecule has 0 fully saturated rings. The highest BCUT2D eigenvalue weighted by Crippen LogP contribution is 2.21. The van der Waals surface area contributed by atoms with Gasteiger partial charge in [-0.05, 0) is 0 Å². The standard InChI is InChI=1S/C7H4N6OS/c8-3-4-5(14)11-6(10-4)12-13-7-9-1-2-15-7/h1-2,14H,(H,10,11)/b13-12+. The zero-order chi connectivity index (χ0) is 10.7. The van der Waals surface area contributed by atoms with Crippen molar-refractivity contribution in [2.24, 2.45) is 10.2 Å². The predicted octanol–water partition coefficient (Wildman–Crippen LogP) is 1.86. The van der Waals surface area contributed by atoms with Gasteiger partial charge in [-0.2, -0.15) is 10.2 Å². The second-order valence-electron chi connectivity index (χ2n) is 2.39. The van der Waals surface area contributed by atoms with Gasteiger partial charge in [0, 0.05) is 11.6 Å². The number of aromatic nitrogens is 3. The average molecular weight is 220 g/mol. The van der Waals surface area contributed by atoms with Crippen LogP contribution in [0.3, 0.4) is 0 Å². The maximum Gasteiger partial charge on any atom is 0.251 e. The maximum absolute atomic E-state index is 9.11. The smallest absolute Gasteiger partial charge is 0.251 e. The lowest BCUT2D eigenvalue weighted by molar-refractivity contribution is 0.455. The first-order valence-corrected chi connectivity index (χ1v) is 4.68. The summed E-state index contributed by atoms with van der Waals surface area (Å²) in [7, 11) is 0. The van der Waals surface area contributed by atoms with E-state index in [4.69, 9.17) is 10.4 Å². The number of rotatable bonds is 2. The molecule has 7 nitrogen and oxygen atoms in total. The fraction of sp³-hybridized carbons (Fsp3) is 0. The van der Waals surface area contributed by atoms with Crippen LogP contribution >= 0.6 is 11.3 Å². The van der Waals surface area contributed by atoms with Crippen LogP contribution in [0, 0.1) is 11.3 Å². The third kappa shape index (κ3) is 1.97. The minimum absolute atomic E-state index is 0.0388. The van der Waals surface area contributed by atoms with Crippen LogP contribution in [0.25, 0.3) is 0 Å². The van der Waals surface area contributed by atoms with Gasteiger partial charge in [0.05, 0.1) is 0 Å². The van der Waals surface area contributed by atoms with Crippen LogP contribution in [0.1, 0.15) is 5.69 Å². The quantitative estimate of drug-likeness (QED) is 0.752. The van der Waals surface area contributed by atoms with Crippen molar-refractivity contribution in [3.05, 3.63) is 17.3 Å². The molecule has 0 spiro atoms. The van der Waals surface area contributed by atoms with Crippen LogP contribution in [-0.2, 0) is 0 Å². The molecule has 0 amide bonds. The molecule has 0 atom stereocenters. The molecule has 2 N–H and O–H groups in total. The fourth-order valence-electron chi connectivity index (χ4n) is 0.833. The van der Waals surface area contributed by atoms with E-state index in [0.717, 1.165) is 0 Å². The average Bonchev–Trinajstić information content (AvgIpc) is 2.83. The SMILES string of the molecule is N#Cc1[nH]c(/N=N/c2nccs2)nc1O. The van der Waals surface area contributed by atoms with Gasteiger partial charge in [-0.3, -0.25) is 0 Å². The zero-order valence-corrected chi connectivity index (χ0v) is 8.06. The third-order valence-electron chi connectivity index (χ3n) is 1.43. The molecule has 2 rings (SSSR count). The summed E-state index contributed by atoms with van der Waals surface area (Å²) in [5, 5.41) is 27.3. The molecule has 0 bridgehead atoms. The lowest BCUT2D eigenvalue weighted by Gasteiger charge is -1.80. The Morgan fingerprint density at radius 1 is 1.53 bits per heavy atom. The van der Waals surface area contributed by atoms with Crippen molar-refractivity contribution in [2.45, 2.75) is 0 Å². The molecule has 0 saturated carbocycles. The molecule has 15 heavy (non-hydrogen) atoms. The van der Waals surface area contributed by atoms with Gasteiger partial charge in [-0.25, -0.2) is 4.98 Å². The molecular formula is C7H4N6OS. The Balaban J connectivity index is 2.22. The number of nitriles is 1. The zero-order valence-electron chi connectivity index (χ0n) is 7.25. The molecule has 0 aliphatic rings. The van der Waals surface area contributed by atoms with Crippen molar-refractivity contribution < 1.29 is 5.11 Å². The van der Waals surface area contributed by atoms with Crippen LogP contribution in [0.5, 0.6) is 5.88 Å². The van der Waals surface area contributed by atoms with E-state index in [2.05, 4.69) is 25.2 Å². The summed E-state index contributed by atoms with van der Waals surface area (Å²) in [5.74, 6) is -0.315. The number of nitrogens with one attached hydrogen (secondary N) is 1. The summed E-state index contributed by atoms with van der Waals surface area (Å²) < 4.78 is 0. The van der Waals surface area contributed by atoms with Crippen molar-refractivity contribution in [1.82, 2.24) is 15.0 Å². The summed E-state index contributed by atoms with van der Waals surface area (Å²) >= 11 is 1.32. The number of hydrogen-bond donors (Lipinski definition) is 2. The van der Waals surface area contributed by atoms with Crippen LogP contribution in [0.4, 0.5) is 11.1 Å². The minimum atomic E-state index is -0.384. The molecular weight excluding hydrogens is 216 g/mol. The highest BCUT2D eigenvalue weighted by molar-refractivity contribution is 7.13. The van der Waals surface area contributed by atoms with Gasteiger partial charge in [0.1, 0.15) is 6.07 Å². The third-order valence-corrected chi connectivity index (χ3v) is 2.09. The van der Waals surface area contributed by atoms with E-state index in [0.29, 0.717) is 5.13 Å². The van der Waals surface area contributed by atoms with E-state index in [1.165, 1.54) is 11.3 Å². The number of nitrogens with zero attached hydrogens (tertiary/aromatic N) is 5. The first-order chi connectivity index (χ1) is 7.29. The minimum Gasteiger partial charge on any atom is -0.491 e. The van der Waals surface area contributed by atoms with Crippen molar-refractivity contribution in [3.63, 3.8) is 0 Å². The molecule has 0 unspecified atom stereocenters. The van der Waals surface area contributed by atoms with Gasteiger partial charge in [-0.15, -0.1) is 21.6 Å². The Labute approximate surface area is 87.8 Å². The summed E-state index contributed by atoms with van der Waals surface area (Å²) in [4.78, 5) is 9.93. The molecule has 0 radical (unpaired) electrons. The van der Waals surface area contributed by atoms with E-state index < -0.39 is 0 Å². The van der Waals surface area contributed by atoms with E-state index in [9.17, 15) is 0 Å². The van der Waals surface area contributed by atoms with E-state index in [1.807, 2.05) is 0 Å². The van der Waals surface area contributed by atoms with Crippen LogP contribution < -0.4 is 0 Å². The Morgan fingerprint density at radius 2 is 2.40 bits per heavy atom. The summed E-state index contributed by atoms with van der Waals surface area (Å²) in [5.41, 5.74) is -0.0388. The second kappa shape index (κ2) is 3.85. The van der Waals surface area contributed by atoms with E-state index in [-0.39, 0.29) is 17.5 Å². The molecule has 0 aliphatic heterocycles. The van der Waals surface area contributed by atoms with Crippen molar-refractivity contribution in [2.75, 3.05) is 0 Å². The summed E-state index contributed by atoms with van der Waals surface area (Å²) in [6, 6.07) is 1.73. The van der Waals surface area contributed by atoms with Crippen LogP contribution in [-0.4, -0.2) is 20.1 Å². The Hall–Kier alpha value is -2.27. The molecule has 0 aromatic carbocycles. The second-order valence-corrected chi connectivity index (χ2v) is 3.26. The van der Waals surface area contributed by atoms with Crippen LogP contribution in [0.15, 0.2) is 21.8 Å². The molecule has 2 aromatic rings.